The zero-order valence-electron chi connectivity index (χ0n) is 10.8. The molecule has 0 saturated heterocycles. The molecule has 1 amide bonds. The third-order valence-electron chi connectivity index (χ3n) is 3.60. The van der Waals surface area contributed by atoms with Crippen molar-refractivity contribution in [3.63, 3.8) is 0 Å². The summed E-state index contributed by atoms with van der Waals surface area (Å²) in [5.41, 5.74) is 0. The van der Waals surface area contributed by atoms with Gasteiger partial charge in [-0.15, -0.1) is 11.3 Å². The topological polar surface area (TPSA) is 49.3 Å². The second-order valence-electron chi connectivity index (χ2n) is 5.16. The summed E-state index contributed by atoms with van der Waals surface area (Å²) in [4.78, 5) is 14.3. The third-order valence-corrected chi connectivity index (χ3v) is 4.60. The number of amides is 1. The summed E-state index contributed by atoms with van der Waals surface area (Å²) < 4.78 is 0. The van der Waals surface area contributed by atoms with Gasteiger partial charge in [-0.25, -0.2) is 0 Å². The molecule has 18 heavy (non-hydrogen) atoms. The predicted molar refractivity (Wildman–Crippen MR) is 73.7 cm³/mol. The number of thiophene rings is 1. The summed E-state index contributed by atoms with van der Waals surface area (Å²) in [6, 6.07) is 4.39. The highest BCUT2D eigenvalue weighted by Gasteiger charge is 2.21. The summed E-state index contributed by atoms with van der Waals surface area (Å²) in [7, 11) is 0. The van der Waals surface area contributed by atoms with Gasteiger partial charge in [-0.2, -0.15) is 0 Å². The van der Waals surface area contributed by atoms with Gasteiger partial charge in [-0.05, 0) is 50.7 Å². The van der Waals surface area contributed by atoms with Crippen molar-refractivity contribution in [1.29, 1.82) is 0 Å². The molecule has 0 aliphatic heterocycles. The van der Waals surface area contributed by atoms with Crippen LogP contribution in [0.4, 0.5) is 0 Å². The number of nitrogens with one attached hydrogen (secondary N) is 1. The van der Waals surface area contributed by atoms with Crippen LogP contribution in [-0.4, -0.2) is 23.7 Å². The standard InChI is InChI=1S/C14H21NO2S/c1-10-2-7-13(18-10)8-14(17)15-12-5-3-11(9-16)4-6-12/h2,7,11-12,16H,3-6,8-9H2,1H3,(H,15,17). The Bertz CT molecular complexity index is 394. The minimum Gasteiger partial charge on any atom is -0.396 e. The largest absolute Gasteiger partial charge is 0.396 e. The van der Waals surface area contributed by atoms with E-state index in [1.807, 2.05) is 6.07 Å². The Labute approximate surface area is 112 Å². The lowest BCUT2D eigenvalue weighted by Crippen LogP contribution is -2.38. The molecule has 1 aliphatic carbocycles. The van der Waals surface area contributed by atoms with Crippen molar-refractivity contribution in [1.82, 2.24) is 5.32 Å². The molecule has 0 bridgehead atoms. The predicted octanol–water partition coefficient (Wildman–Crippen LogP) is 2.27. The lowest BCUT2D eigenvalue weighted by Gasteiger charge is -2.27. The van der Waals surface area contributed by atoms with Gasteiger partial charge in [-0.1, -0.05) is 0 Å². The van der Waals surface area contributed by atoms with E-state index in [1.54, 1.807) is 11.3 Å². The average Bonchev–Trinajstić information content (AvgIpc) is 2.75. The van der Waals surface area contributed by atoms with E-state index in [0.29, 0.717) is 18.4 Å². The molecule has 0 spiro atoms. The number of carbonyl (C=O) groups is 1. The molecule has 2 N–H and O–H groups in total. The van der Waals surface area contributed by atoms with Gasteiger partial charge >= 0.3 is 0 Å². The Balaban J connectivity index is 1.75. The molecular formula is C14H21NO2S. The summed E-state index contributed by atoms with van der Waals surface area (Å²) >= 11 is 1.69. The summed E-state index contributed by atoms with van der Waals surface area (Å²) in [6.45, 7) is 2.34. The Morgan fingerprint density at radius 2 is 2.11 bits per heavy atom. The zero-order valence-corrected chi connectivity index (χ0v) is 11.6. The van der Waals surface area contributed by atoms with Gasteiger partial charge in [0.25, 0.3) is 0 Å². The average molecular weight is 267 g/mol. The summed E-state index contributed by atoms with van der Waals surface area (Å²) in [6.07, 6.45) is 4.55. The molecule has 2 rings (SSSR count). The number of rotatable bonds is 4. The van der Waals surface area contributed by atoms with Crippen molar-refractivity contribution in [2.24, 2.45) is 5.92 Å². The van der Waals surface area contributed by atoms with Crippen LogP contribution in [0.15, 0.2) is 12.1 Å². The maximum absolute atomic E-state index is 11.9. The van der Waals surface area contributed by atoms with E-state index in [2.05, 4.69) is 18.3 Å². The van der Waals surface area contributed by atoms with Crippen molar-refractivity contribution in [2.75, 3.05) is 6.61 Å². The minimum absolute atomic E-state index is 0.129. The van der Waals surface area contributed by atoms with Gasteiger partial charge in [0.05, 0.1) is 6.42 Å². The van der Waals surface area contributed by atoms with Crippen LogP contribution in [0.1, 0.15) is 35.4 Å². The molecule has 0 aromatic carbocycles. The second kappa shape index (κ2) is 6.34. The summed E-state index contributed by atoms with van der Waals surface area (Å²) in [5.74, 6) is 0.572. The van der Waals surface area contributed by atoms with Gasteiger partial charge in [0.15, 0.2) is 0 Å². The molecule has 3 nitrogen and oxygen atoms in total. The van der Waals surface area contributed by atoms with Crippen LogP contribution in [0, 0.1) is 12.8 Å². The monoisotopic (exact) mass is 267 g/mol. The number of aliphatic hydroxyl groups is 1. The van der Waals surface area contributed by atoms with Crippen molar-refractivity contribution in [3.8, 4) is 0 Å². The molecule has 1 aliphatic rings. The fourth-order valence-electron chi connectivity index (χ4n) is 2.51. The van der Waals surface area contributed by atoms with Gasteiger partial charge in [0.2, 0.25) is 5.91 Å². The first-order valence-electron chi connectivity index (χ1n) is 6.63. The lowest BCUT2D eigenvalue weighted by atomic mass is 9.86. The van der Waals surface area contributed by atoms with Crippen LogP contribution >= 0.6 is 11.3 Å². The third kappa shape index (κ3) is 3.82. The van der Waals surface area contributed by atoms with Gasteiger partial charge in [-0.3, -0.25) is 4.79 Å². The minimum atomic E-state index is 0.129. The van der Waals surface area contributed by atoms with Crippen LogP contribution in [0.3, 0.4) is 0 Å². The molecule has 0 atom stereocenters. The fraction of sp³-hybridized carbons (Fsp3) is 0.643. The molecule has 1 aromatic rings. The van der Waals surface area contributed by atoms with Crippen molar-refractivity contribution in [3.05, 3.63) is 21.9 Å². The number of hydrogen-bond donors (Lipinski definition) is 2. The van der Waals surface area contributed by atoms with Crippen LogP contribution in [0.2, 0.25) is 0 Å². The zero-order chi connectivity index (χ0) is 13.0. The van der Waals surface area contributed by atoms with E-state index in [4.69, 9.17) is 5.11 Å². The summed E-state index contributed by atoms with van der Waals surface area (Å²) in [5, 5.41) is 12.2. The smallest absolute Gasteiger partial charge is 0.225 e. The molecule has 4 heteroatoms. The number of aryl methyl sites for hydroxylation is 1. The highest BCUT2D eigenvalue weighted by molar-refractivity contribution is 7.12. The van der Waals surface area contributed by atoms with Crippen molar-refractivity contribution in [2.45, 2.75) is 45.1 Å². The first-order chi connectivity index (χ1) is 8.67. The molecule has 1 heterocycles. The first-order valence-corrected chi connectivity index (χ1v) is 7.44. The molecule has 1 aromatic heterocycles. The van der Waals surface area contributed by atoms with E-state index in [1.165, 1.54) is 4.88 Å². The number of hydrogen-bond acceptors (Lipinski definition) is 3. The highest BCUT2D eigenvalue weighted by Crippen LogP contribution is 2.24. The fourth-order valence-corrected chi connectivity index (χ4v) is 3.40. The van der Waals surface area contributed by atoms with Crippen LogP contribution in [0.25, 0.3) is 0 Å². The molecule has 0 radical (unpaired) electrons. The van der Waals surface area contributed by atoms with Gasteiger partial charge < -0.3 is 10.4 Å². The first kappa shape index (κ1) is 13.6. The molecule has 0 unspecified atom stereocenters. The normalized spacial score (nSPS) is 23.9. The van der Waals surface area contributed by atoms with E-state index >= 15 is 0 Å². The highest BCUT2D eigenvalue weighted by atomic mass is 32.1. The Kier molecular flexibility index (Phi) is 4.78. The molecule has 100 valence electrons. The maximum atomic E-state index is 11.9. The lowest BCUT2D eigenvalue weighted by molar-refractivity contribution is -0.121. The quantitative estimate of drug-likeness (QED) is 0.879. The van der Waals surface area contributed by atoms with Crippen molar-refractivity contribution < 1.29 is 9.90 Å². The van der Waals surface area contributed by atoms with E-state index in [-0.39, 0.29) is 12.5 Å². The number of carbonyl (C=O) groups excluding carboxylic acids is 1. The Morgan fingerprint density at radius 1 is 1.39 bits per heavy atom. The Morgan fingerprint density at radius 3 is 2.67 bits per heavy atom. The number of aliphatic hydroxyl groups excluding tert-OH is 1. The van der Waals surface area contributed by atoms with Crippen LogP contribution < -0.4 is 5.32 Å². The van der Waals surface area contributed by atoms with Crippen LogP contribution in [-0.2, 0) is 11.2 Å². The van der Waals surface area contributed by atoms with Gasteiger partial charge in [0, 0.05) is 22.4 Å². The molecule has 1 fully saturated rings. The van der Waals surface area contributed by atoms with E-state index in [0.717, 1.165) is 30.6 Å². The van der Waals surface area contributed by atoms with E-state index in [9.17, 15) is 4.79 Å². The SMILES string of the molecule is Cc1ccc(CC(=O)NC2CCC(CO)CC2)s1. The maximum Gasteiger partial charge on any atom is 0.225 e. The van der Waals surface area contributed by atoms with Crippen LogP contribution in [0.5, 0.6) is 0 Å². The Hall–Kier alpha value is -0.870. The van der Waals surface area contributed by atoms with Gasteiger partial charge in [0.1, 0.15) is 0 Å². The van der Waals surface area contributed by atoms with E-state index < -0.39 is 0 Å². The second-order valence-corrected chi connectivity index (χ2v) is 6.53. The molecular weight excluding hydrogens is 246 g/mol. The molecule has 1 saturated carbocycles. The van der Waals surface area contributed by atoms with Crippen molar-refractivity contribution >= 4 is 17.2 Å².